The van der Waals surface area contributed by atoms with Crippen LogP contribution in [0.2, 0.25) is 0 Å². The van der Waals surface area contributed by atoms with Gasteiger partial charge in [-0.1, -0.05) is 0 Å². The third-order valence-corrected chi connectivity index (χ3v) is 3.13. The van der Waals surface area contributed by atoms with Crippen LogP contribution in [-0.2, 0) is 0 Å². The fourth-order valence-corrected chi connectivity index (χ4v) is 2.16. The molecule has 1 aliphatic heterocycles. The van der Waals surface area contributed by atoms with Gasteiger partial charge in [-0.15, -0.1) is 0 Å². The molecule has 14 heavy (non-hydrogen) atoms. The zero-order valence-corrected chi connectivity index (χ0v) is 8.98. The predicted octanol–water partition coefficient (Wildman–Crippen LogP) is 2.28. The standard InChI is InChI=1S/C12H18N2/c1-10(2)14-8-5-12(9-14)11-3-6-13-7-4-11/h3-4,6-7,10,12H,5,8-9H2,1-2H3. The molecule has 1 aromatic rings. The lowest BCUT2D eigenvalue weighted by Gasteiger charge is -2.20. The van der Waals surface area contributed by atoms with Crippen LogP contribution in [0.5, 0.6) is 0 Å². The summed E-state index contributed by atoms with van der Waals surface area (Å²) in [5.74, 6) is 0.723. The van der Waals surface area contributed by atoms with Gasteiger partial charge in [0.2, 0.25) is 0 Å². The van der Waals surface area contributed by atoms with Crippen molar-refractivity contribution in [2.75, 3.05) is 13.1 Å². The van der Waals surface area contributed by atoms with Gasteiger partial charge >= 0.3 is 0 Å². The van der Waals surface area contributed by atoms with Crippen LogP contribution in [0.1, 0.15) is 31.7 Å². The molecule has 2 heteroatoms. The van der Waals surface area contributed by atoms with Crippen molar-refractivity contribution in [2.24, 2.45) is 0 Å². The summed E-state index contributed by atoms with van der Waals surface area (Å²) >= 11 is 0. The fourth-order valence-electron chi connectivity index (χ4n) is 2.16. The van der Waals surface area contributed by atoms with Crippen molar-refractivity contribution in [3.63, 3.8) is 0 Å². The summed E-state index contributed by atoms with van der Waals surface area (Å²) in [4.78, 5) is 6.60. The molecule has 1 atom stereocenters. The Labute approximate surface area is 86.0 Å². The van der Waals surface area contributed by atoms with Crippen LogP contribution in [0.4, 0.5) is 0 Å². The number of pyridine rings is 1. The molecular weight excluding hydrogens is 172 g/mol. The quantitative estimate of drug-likeness (QED) is 0.711. The Balaban J connectivity index is 2.03. The molecule has 2 nitrogen and oxygen atoms in total. The molecule has 2 heterocycles. The maximum absolute atomic E-state index is 4.06. The van der Waals surface area contributed by atoms with Crippen LogP contribution in [0.3, 0.4) is 0 Å². The zero-order valence-electron chi connectivity index (χ0n) is 8.98. The van der Waals surface area contributed by atoms with E-state index in [1.807, 2.05) is 12.4 Å². The maximum Gasteiger partial charge on any atom is 0.0270 e. The lowest BCUT2D eigenvalue weighted by molar-refractivity contribution is 0.272. The van der Waals surface area contributed by atoms with Crippen LogP contribution >= 0.6 is 0 Å². The first kappa shape index (κ1) is 9.66. The largest absolute Gasteiger partial charge is 0.300 e. The van der Waals surface area contributed by atoms with Gasteiger partial charge in [0.05, 0.1) is 0 Å². The van der Waals surface area contributed by atoms with Gasteiger partial charge in [-0.05, 0) is 50.4 Å². The van der Waals surface area contributed by atoms with Crippen LogP contribution in [0.25, 0.3) is 0 Å². The van der Waals surface area contributed by atoms with Gasteiger partial charge < -0.3 is 4.90 Å². The van der Waals surface area contributed by atoms with E-state index in [1.54, 1.807) is 0 Å². The van der Waals surface area contributed by atoms with Crippen LogP contribution < -0.4 is 0 Å². The van der Waals surface area contributed by atoms with E-state index < -0.39 is 0 Å². The van der Waals surface area contributed by atoms with Gasteiger partial charge in [0.25, 0.3) is 0 Å². The van der Waals surface area contributed by atoms with Crippen molar-refractivity contribution in [3.8, 4) is 0 Å². The first-order chi connectivity index (χ1) is 6.77. The summed E-state index contributed by atoms with van der Waals surface area (Å²) in [5.41, 5.74) is 1.45. The number of hydrogen-bond donors (Lipinski definition) is 0. The predicted molar refractivity (Wildman–Crippen MR) is 58.3 cm³/mol. The van der Waals surface area contributed by atoms with Gasteiger partial charge in [0.15, 0.2) is 0 Å². The molecule has 0 saturated carbocycles. The fraction of sp³-hybridized carbons (Fsp3) is 0.583. The molecule has 0 aromatic carbocycles. The highest BCUT2D eigenvalue weighted by molar-refractivity contribution is 5.17. The zero-order chi connectivity index (χ0) is 9.97. The summed E-state index contributed by atoms with van der Waals surface area (Å²) in [6.07, 6.45) is 5.09. The normalized spacial score (nSPS) is 23.2. The first-order valence-electron chi connectivity index (χ1n) is 5.41. The third-order valence-electron chi connectivity index (χ3n) is 3.13. The van der Waals surface area contributed by atoms with Crippen molar-refractivity contribution in [1.29, 1.82) is 0 Å². The molecule has 0 aliphatic carbocycles. The van der Waals surface area contributed by atoms with Gasteiger partial charge in [0.1, 0.15) is 0 Å². The average molecular weight is 190 g/mol. The van der Waals surface area contributed by atoms with Crippen molar-refractivity contribution in [2.45, 2.75) is 32.2 Å². The number of hydrogen-bond acceptors (Lipinski definition) is 2. The van der Waals surface area contributed by atoms with Crippen molar-refractivity contribution in [3.05, 3.63) is 30.1 Å². The van der Waals surface area contributed by atoms with Gasteiger partial charge in [-0.2, -0.15) is 0 Å². The Morgan fingerprint density at radius 2 is 2.07 bits per heavy atom. The molecule has 1 saturated heterocycles. The molecular formula is C12H18N2. The van der Waals surface area contributed by atoms with Gasteiger partial charge in [0, 0.05) is 25.0 Å². The Bertz CT molecular complexity index is 282. The number of rotatable bonds is 2. The lowest BCUT2D eigenvalue weighted by Crippen LogP contribution is -2.27. The minimum atomic E-state index is 0.682. The summed E-state index contributed by atoms with van der Waals surface area (Å²) < 4.78 is 0. The topological polar surface area (TPSA) is 16.1 Å². The molecule has 0 radical (unpaired) electrons. The number of aromatic nitrogens is 1. The van der Waals surface area contributed by atoms with Gasteiger partial charge in [-0.25, -0.2) is 0 Å². The minimum absolute atomic E-state index is 0.682. The SMILES string of the molecule is CC(C)N1CCC(c2ccncc2)C1. The minimum Gasteiger partial charge on any atom is -0.300 e. The van der Waals surface area contributed by atoms with E-state index >= 15 is 0 Å². The Kier molecular flexibility index (Phi) is 2.82. The highest BCUT2D eigenvalue weighted by Gasteiger charge is 2.24. The van der Waals surface area contributed by atoms with E-state index in [2.05, 4.69) is 35.9 Å². The average Bonchev–Trinajstić information content (AvgIpc) is 2.68. The van der Waals surface area contributed by atoms with E-state index in [0.717, 1.165) is 5.92 Å². The van der Waals surface area contributed by atoms with Crippen LogP contribution in [0, 0.1) is 0 Å². The highest BCUT2D eigenvalue weighted by atomic mass is 15.2. The summed E-state index contributed by atoms with van der Waals surface area (Å²) in [5, 5.41) is 0. The third kappa shape index (κ3) is 1.95. The van der Waals surface area contributed by atoms with Gasteiger partial charge in [-0.3, -0.25) is 4.98 Å². The molecule has 0 spiro atoms. The Morgan fingerprint density at radius 3 is 2.64 bits per heavy atom. The number of nitrogens with zero attached hydrogens (tertiary/aromatic N) is 2. The molecule has 1 unspecified atom stereocenters. The lowest BCUT2D eigenvalue weighted by atomic mass is 10.00. The monoisotopic (exact) mass is 190 g/mol. The van der Waals surface area contributed by atoms with Crippen molar-refractivity contribution >= 4 is 0 Å². The van der Waals surface area contributed by atoms with Crippen molar-refractivity contribution < 1.29 is 0 Å². The van der Waals surface area contributed by atoms with Crippen LogP contribution in [-0.4, -0.2) is 29.0 Å². The molecule has 76 valence electrons. The second-order valence-electron chi connectivity index (χ2n) is 4.35. The van der Waals surface area contributed by atoms with E-state index in [1.165, 1.54) is 25.1 Å². The molecule has 0 amide bonds. The summed E-state index contributed by atoms with van der Waals surface area (Å²) in [7, 11) is 0. The summed E-state index contributed by atoms with van der Waals surface area (Å²) in [6.45, 7) is 7.00. The molecule has 0 bridgehead atoms. The molecule has 1 fully saturated rings. The Morgan fingerprint density at radius 1 is 1.36 bits per heavy atom. The molecule has 1 aromatic heterocycles. The Hall–Kier alpha value is -0.890. The first-order valence-corrected chi connectivity index (χ1v) is 5.41. The second-order valence-corrected chi connectivity index (χ2v) is 4.35. The summed E-state index contributed by atoms with van der Waals surface area (Å²) in [6, 6.07) is 4.98. The smallest absolute Gasteiger partial charge is 0.0270 e. The highest BCUT2D eigenvalue weighted by Crippen LogP contribution is 2.27. The van der Waals surface area contributed by atoms with Crippen molar-refractivity contribution in [1.82, 2.24) is 9.88 Å². The maximum atomic E-state index is 4.06. The molecule has 2 rings (SSSR count). The van der Waals surface area contributed by atoms with E-state index in [0.29, 0.717) is 6.04 Å². The number of likely N-dealkylation sites (tertiary alicyclic amines) is 1. The van der Waals surface area contributed by atoms with E-state index in [-0.39, 0.29) is 0 Å². The molecule has 1 aliphatic rings. The molecule has 0 N–H and O–H groups in total. The van der Waals surface area contributed by atoms with E-state index in [9.17, 15) is 0 Å². The van der Waals surface area contributed by atoms with Crippen LogP contribution in [0.15, 0.2) is 24.5 Å². The second kappa shape index (κ2) is 4.09. The van der Waals surface area contributed by atoms with E-state index in [4.69, 9.17) is 0 Å².